The van der Waals surface area contributed by atoms with Crippen LogP contribution in [0, 0.1) is 5.92 Å². The van der Waals surface area contributed by atoms with Crippen LogP contribution in [0.3, 0.4) is 0 Å². The molecule has 0 aromatic heterocycles. The maximum atomic E-state index is 12.3. The molecule has 228 valence electrons. The zero-order valence-corrected chi connectivity index (χ0v) is 26.0. The van der Waals surface area contributed by atoms with Gasteiger partial charge in [0.05, 0.1) is 0 Å². The van der Waals surface area contributed by atoms with E-state index in [-0.39, 0.29) is 11.8 Å². The Labute approximate surface area is 269 Å². The Bertz CT molecular complexity index is 1960. The first-order chi connectivity index (χ1) is 22.3. The fourth-order valence-electron chi connectivity index (χ4n) is 6.63. The molecule has 7 rings (SSSR count). The van der Waals surface area contributed by atoms with Gasteiger partial charge in [0.25, 0.3) is 0 Å². The second-order valence-electron chi connectivity index (χ2n) is 12.2. The number of benzene rings is 3. The second-order valence-corrected chi connectivity index (χ2v) is 12.2. The van der Waals surface area contributed by atoms with Gasteiger partial charge in [-0.3, -0.25) is 0 Å². The molecule has 1 heterocycles. The lowest BCUT2D eigenvalue weighted by Gasteiger charge is -2.38. The summed E-state index contributed by atoms with van der Waals surface area (Å²) in [7, 11) is 0. The summed E-state index contributed by atoms with van der Waals surface area (Å²) in [5, 5.41) is 0. The highest BCUT2D eigenvalue weighted by molar-refractivity contribution is 5.88. The summed E-state index contributed by atoms with van der Waals surface area (Å²) < 4.78 is 17.9. The molecule has 2 atom stereocenters. The smallest absolute Gasteiger partial charge is 0.338 e. The molecule has 3 aromatic rings. The lowest BCUT2D eigenvalue weighted by atomic mass is 9.71. The van der Waals surface area contributed by atoms with Crippen molar-refractivity contribution in [2.75, 3.05) is 0 Å². The molecule has 46 heavy (non-hydrogen) atoms. The Kier molecular flexibility index (Phi) is 7.53. The molecular weight excluding hydrogens is 572 g/mol. The van der Waals surface area contributed by atoms with Gasteiger partial charge in [0, 0.05) is 40.5 Å². The number of hydrogen-bond acceptors (Lipinski definition) is 5. The van der Waals surface area contributed by atoms with Gasteiger partial charge >= 0.3 is 11.9 Å². The van der Waals surface area contributed by atoms with Crippen molar-refractivity contribution in [3.05, 3.63) is 166 Å². The number of allylic oxidation sites excluding steroid dienone is 7. The summed E-state index contributed by atoms with van der Waals surface area (Å²) in [5.74, 6) is 1.95. The average molecular weight is 607 g/mol. The van der Waals surface area contributed by atoms with E-state index in [0.717, 1.165) is 51.3 Å². The summed E-state index contributed by atoms with van der Waals surface area (Å²) in [4.78, 5) is 24.6. The molecule has 3 aliphatic carbocycles. The Hall–Kier alpha value is -5.42. The van der Waals surface area contributed by atoms with Crippen LogP contribution in [0.5, 0.6) is 5.75 Å². The van der Waals surface area contributed by atoms with Crippen molar-refractivity contribution in [2.24, 2.45) is 5.92 Å². The predicted octanol–water partition coefficient (Wildman–Crippen LogP) is 9.06. The number of fused-ring (bicyclic) bond motifs is 5. The third kappa shape index (κ3) is 5.39. The molecule has 0 fully saturated rings. The first-order valence-electron chi connectivity index (χ1n) is 15.6. The lowest BCUT2D eigenvalue weighted by molar-refractivity contribution is -0.135. The van der Waals surface area contributed by atoms with Gasteiger partial charge in [-0.05, 0) is 90.4 Å². The monoisotopic (exact) mass is 606 g/mol. The fraction of sp³-hybridized carbons (Fsp3) is 0.171. The molecule has 0 bridgehead atoms. The van der Waals surface area contributed by atoms with Crippen molar-refractivity contribution in [1.29, 1.82) is 0 Å². The van der Waals surface area contributed by atoms with Crippen LogP contribution in [0.2, 0.25) is 0 Å². The minimum Gasteiger partial charge on any atom is -0.457 e. The van der Waals surface area contributed by atoms with Crippen LogP contribution in [0.4, 0.5) is 0 Å². The molecule has 0 spiro atoms. The summed E-state index contributed by atoms with van der Waals surface area (Å²) in [6.45, 7) is 10.7. The molecule has 0 N–H and O–H groups in total. The quantitative estimate of drug-likeness (QED) is 0.207. The molecular formula is C41H34O5. The first-order valence-corrected chi connectivity index (χ1v) is 15.6. The van der Waals surface area contributed by atoms with Gasteiger partial charge in [0.2, 0.25) is 0 Å². The Morgan fingerprint density at radius 3 is 2.28 bits per heavy atom. The van der Waals surface area contributed by atoms with Crippen molar-refractivity contribution in [3.8, 4) is 16.9 Å². The molecule has 4 aliphatic rings. The maximum Gasteiger partial charge on any atom is 0.338 e. The largest absolute Gasteiger partial charge is 0.457 e. The van der Waals surface area contributed by atoms with Gasteiger partial charge in [-0.15, -0.1) is 0 Å². The van der Waals surface area contributed by atoms with E-state index in [1.807, 2.05) is 36.4 Å². The van der Waals surface area contributed by atoms with Gasteiger partial charge in [-0.1, -0.05) is 79.9 Å². The van der Waals surface area contributed by atoms with Crippen LogP contribution in [0.15, 0.2) is 144 Å². The van der Waals surface area contributed by atoms with Gasteiger partial charge in [-0.25, -0.2) is 9.59 Å². The fourth-order valence-corrected chi connectivity index (χ4v) is 6.63. The molecule has 0 radical (unpaired) electrons. The van der Waals surface area contributed by atoms with Crippen molar-refractivity contribution in [1.82, 2.24) is 0 Å². The zero-order valence-electron chi connectivity index (χ0n) is 26.0. The molecule has 0 amide bonds. The van der Waals surface area contributed by atoms with Crippen LogP contribution >= 0.6 is 0 Å². The molecule has 0 saturated carbocycles. The number of hydrogen-bond donors (Lipinski definition) is 0. The van der Waals surface area contributed by atoms with Crippen LogP contribution in [-0.4, -0.2) is 11.9 Å². The lowest BCUT2D eigenvalue weighted by Crippen LogP contribution is -2.26. The van der Waals surface area contributed by atoms with Gasteiger partial charge in [0.1, 0.15) is 23.0 Å². The highest BCUT2D eigenvalue weighted by Gasteiger charge is 2.39. The molecule has 2 unspecified atom stereocenters. The number of rotatable bonds is 6. The molecule has 3 aromatic carbocycles. The average Bonchev–Trinajstić information content (AvgIpc) is 3.07. The van der Waals surface area contributed by atoms with Gasteiger partial charge < -0.3 is 14.2 Å². The van der Waals surface area contributed by atoms with Gasteiger partial charge in [0.15, 0.2) is 0 Å². The molecule has 5 heteroatoms. The highest BCUT2D eigenvalue weighted by Crippen LogP contribution is 2.53. The summed E-state index contributed by atoms with van der Waals surface area (Å²) in [6, 6.07) is 23.3. The number of ether oxygens (including phenoxy) is 3. The standard InChI is InChI=1S/C41H34O5/c1-24(2)40(42)44-31-16-18-33-29(22-31)14-20-35-38(33)37(28-12-10-27(11-13-28)26-8-6-5-7-9-26)39-34-19-17-32(45-41(43)25(3)4)23-30(34)15-21-36(39)46-35/h5-14,17,19-23,30,37H,1,3,15-16,18H2,2,4H3. The highest BCUT2D eigenvalue weighted by atomic mass is 16.5. The predicted molar refractivity (Wildman–Crippen MR) is 179 cm³/mol. The van der Waals surface area contributed by atoms with Crippen molar-refractivity contribution >= 4 is 18.0 Å². The second kappa shape index (κ2) is 11.8. The molecule has 0 saturated heterocycles. The van der Waals surface area contributed by atoms with Crippen molar-refractivity contribution in [3.63, 3.8) is 0 Å². The van der Waals surface area contributed by atoms with E-state index in [0.29, 0.717) is 35.5 Å². The minimum absolute atomic E-state index is 0.0282. The van der Waals surface area contributed by atoms with E-state index in [1.54, 1.807) is 13.8 Å². The van der Waals surface area contributed by atoms with Crippen LogP contribution in [0.1, 0.15) is 54.9 Å². The van der Waals surface area contributed by atoms with E-state index in [1.165, 1.54) is 11.1 Å². The van der Waals surface area contributed by atoms with Crippen LogP contribution in [0.25, 0.3) is 17.2 Å². The molecule has 1 aliphatic heterocycles. The number of carbonyl (C=O) groups is 2. The first kappa shape index (κ1) is 29.3. The van der Waals surface area contributed by atoms with E-state index in [2.05, 4.69) is 73.8 Å². The van der Waals surface area contributed by atoms with E-state index in [9.17, 15) is 9.59 Å². The Balaban J connectivity index is 1.36. The minimum atomic E-state index is -0.432. The zero-order chi connectivity index (χ0) is 31.9. The van der Waals surface area contributed by atoms with E-state index < -0.39 is 11.9 Å². The Morgan fingerprint density at radius 2 is 1.54 bits per heavy atom. The van der Waals surface area contributed by atoms with Gasteiger partial charge in [-0.2, -0.15) is 0 Å². The Morgan fingerprint density at radius 1 is 0.826 bits per heavy atom. The van der Waals surface area contributed by atoms with E-state index >= 15 is 0 Å². The normalized spacial score (nSPS) is 19.1. The van der Waals surface area contributed by atoms with Crippen LogP contribution < -0.4 is 4.74 Å². The topological polar surface area (TPSA) is 61.8 Å². The van der Waals surface area contributed by atoms with Crippen LogP contribution in [-0.2, 0) is 25.5 Å². The van der Waals surface area contributed by atoms with Crippen molar-refractivity contribution in [2.45, 2.75) is 39.0 Å². The van der Waals surface area contributed by atoms with Crippen molar-refractivity contribution < 1.29 is 23.8 Å². The summed E-state index contributed by atoms with van der Waals surface area (Å²) in [5.41, 5.74) is 9.80. The molecule has 5 nitrogen and oxygen atoms in total. The summed E-state index contributed by atoms with van der Waals surface area (Å²) in [6.07, 6.45) is 12.1. The number of esters is 2. The van der Waals surface area contributed by atoms with E-state index in [4.69, 9.17) is 14.2 Å². The summed E-state index contributed by atoms with van der Waals surface area (Å²) >= 11 is 0. The third-order valence-corrected chi connectivity index (χ3v) is 8.90. The maximum absolute atomic E-state index is 12.3. The SMILES string of the molecule is C=C(C)C(=O)OC1=CC2CC=C3Oc4ccc5c(c4C(c4ccc(-c6ccccc6)cc4)C3=C2C=C1)CCC(OC(=O)C(=C)C)=C5. The third-order valence-electron chi connectivity index (χ3n) is 8.90. The number of carbonyl (C=O) groups excluding carboxylic acids is 2.